The molecule has 3 rings (SSSR count). The Balaban J connectivity index is 1.89. The van der Waals surface area contributed by atoms with Crippen LogP contribution >= 0.6 is 0 Å². The van der Waals surface area contributed by atoms with Gasteiger partial charge in [0.15, 0.2) is 0 Å². The summed E-state index contributed by atoms with van der Waals surface area (Å²) >= 11 is 0. The van der Waals surface area contributed by atoms with Crippen molar-refractivity contribution in [2.75, 3.05) is 5.32 Å². The standard InChI is InChI=1S/C20H28N2O3/c1-20(2,3)25-18(23)13-17-15-11-7-8-12-16(15)21-19(24)22(17)14-9-5-4-6-10-14/h7-8,11-12,14,17H,4-6,9-10,13H2,1-3H3,(H,21,24). The van der Waals surface area contributed by atoms with Gasteiger partial charge >= 0.3 is 12.0 Å². The van der Waals surface area contributed by atoms with Crippen LogP contribution < -0.4 is 5.32 Å². The number of anilines is 1. The average molecular weight is 344 g/mol. The molecule has 5 nitrogen and oxygen atoms in total. The van der Waals surface area contributed by atoms with Crippen LogP contribution in [-0.4, -0.2) is 28.5 Å². The number of carbonyl (C=O) groups is 2. The fourth-order valence-corrected chi connectivity index (χ4v) is 3.90. The largest absolute Gasteiger partial charge is 0.460 e. The fraction of sp³-hybridized carbons (Fsp3) is 0.600. The van der Waals surface area contributed by atoms with E-state index < -0.39 is 5.60 Å². The van der Waals surface area contributed by atoms with E-state index in [0.29, 0.717) is 0 Å². The zero-order valence-electron chi connectivity index (χ0n) is 15.4. The number of hydrogen-bond acceptors (Lipinski definition) is 3. The number of esters is 1. The number of benzene rings is 1. The second-order valence-corrected chi connectivity index (χ2v) is 8.02. The van der Waals surface area contributed by atoms with Crippen molar-refractivity contribution in [3.8, 4) is 0 Å². The van der Waals surface area contributed by atoms with Gasteiger partial charge in [-0.1, -0.05) is 37.5 Å². The third-order valence-corrected chi connectivity index (χ3v) is 4.88. The highest BCUT2D eigenvalue weighted by molar-refractivity contribution is 5.94. The lowest BCUT2D eigenvalue weighted by Gasteiger charge is -2.43. The first-order valence-electron chi connectivity index (χ1n) is 9.25. The number of hydrogen-bond donors (Lipinski definition) is 1. The monoisotopic (exact) mass is 344 g/mol. The summed E-state index contributed by atoms with van der Waals surface area (Å²) in [5.74, 6) is -0.261. The number of fused-ring (bicyclic) bond motifs is 1. The summed E-state index contributed by atoms with van der Waals surface area (Å²) in [5, 5.41) is 2.99. The molecule has 0 radical (unpaired) electrons. The number of rotatable bonds is 3. The van der Waals surface area contributed by atoms with Gasteiger partial charge in [0, 0.05) is 11.7 Å². The van der Waals surface area contributed by atoms with Gasteiger partial charge in [0.1, 0.15) is 5.60 Å². The third kappa shape index (κ3) is 4.14. The molecule has 2 amide bonds. The minimum atomic E-state index is -0.525. The highest BCUT2D eigenvalue weighted by atomic mass is 16.6. The van der Waals surface area contributed by atoms with Crippen molar-refractivity contribution in [1.82, 2.24) is 4.90 Å². The van der Waals surface area contributed by atoms with Crippen molar-refractivity contribution >= 4 is 17.7 Å². The quantitative estimate of drug-likeness (QED) is 0.813. The van der Waals surface area contributed by atoms with Crippen LogP contribution in [0.3, 0.4) is 0 Å². The number of para-hydroxylation sites is 1. The van der Waals surface area contributed by atoms with Crippen molar-refractivity contribution in [1.29, 1.82) is 0 Å². The van der Waals surface area contributed by atoms with Gasteiger partial charge in [-0.3, -0.25) is 4.79 Å². The molecular formula is C20H28N2O3. The second-order valence-electron chi connectivity index (χ2n) is 8.02. The molecule has 0 bridgehead atoms. The topological polar surface area (TPSA) is 58.6 Å². The van der Waals surface area contributed by atoms with Crippen LogP contribution in [0.25, 0.3) is 0 Å². The molecule has 1 fully saturated rings. The SMILES string of the molecule is CC(C)(C)OC(=O)CC1c2ccccc2NC(=O)N1C1CCCCC1. The molecule has 1 heterocycles. The molecule has 1 N–H and O–H groups in total. The maximum absolute atomic E-state index is 12.8. The van der Waals surface area contributed by atoms with Gasteiger partial charge in [0.2, 0.25) is 0 Å². The van der Waals surface area contributed by atoms with E-state index in [-0.39, 0.29) is 30.5 Å². The Labute approximate surface area is 149 Å². The number of ether oxygens (including phenoxy) is 1. The van der Waals surface area contributed by atoms with E-state index in [1.54, 1.807) is 0 Å². The van der Waals surface area contributed by atoms with Crippen LogP contribution in [0.4, 0.5) is 10.5 Å². The van der Waals surface area contributed by atoms with E-state index in [0.717, 1.165) is 36.9 Å². The Kier molecular flexibility index (Phi) is 5.02. The van der Waals surface area contributed by atoms with Crippen molar-refractivity contribution in [2.24, 2.45) is 0 Å². The molecule has 5 heteroatoms. The van der Waals surface area contributed by atoms with Crippen molar-refractivity contribution in [2.45, 2.75) is 77.0 Å². The molecule has 136 valence electrons. The predicted octanol–water partition coefficient (Wildman–Crippen LogP) is 4.64. The maximum atomic E-state index is 12.8. The molecule has 1 unspecified atom stereocenters. The van der Waals surface area contributed by atoms with Crippen LogP contribution in [0, 0.1) is 0 Å². The Hall–Kier alpha value is -2.04. The summed E-state index contributed by atoms with van der Waals surface area (Å²) in [4.78, 5) is 27.2. The number of amides is 2. The van der Waals surface area contributed by atoms with E-state index >= 15 is 0 Å². The molecule has 1 atom stereocenters. The number of urea groups is 1. The summed E-state index contributed by atoms with van der Waals surface area (Å²) in [5.41, 5.74) is 1.27. The van der Waals surface area contributed by atoms with Crippen LogP contribution in [0.2, 0.25) is 0 Å². The van der Waals surface area contributed by atoms with Gasteiger partial charge in [-0.15, -0.1) is 0 Å². The van der Waals surface area contributed by atoms with Crippen molar-refractivity contribution in [3.63, 3.8) is 0 Å². The number of nitrogens with zero attached hydrogens (tertiary/aromatic N) is 1. The number of carbonyl (C=O) groups excluding carboxylic acids is 2. The molecule has 0 spiro atoms. The Bertz CT molecular complexity index is 645. The molecule has 1 aliphatic carbocycles. The molecule has 1 aliphatic heterocycles. The molecule has 25 heavy (non-hydrogen) atoms. The fourth-order valence-electron chi connectivity index (χ4n) is 3.90. The Morgan fingerprint density at radius 1 is 1.20 bits per heavy atom. The lowest BCUT2D eigenvalue weighted by atomic mass is 9.89. The van der Waals surface area contributed by atoms with Crippen LogP contribution in [0.5, 0.6) is 0 Å². The van der Waals surface area contributed by atoms with Crippen molar-refractivity contribution in [3.05, 3.63) is 29.8 Å². The van der Waals surface area contributed by atoms with Gasteiger partial charge in [0.05, 0.1) is 12.5 Å². The van der Waals surface area contributed by atoms with Crippen LogP contribution in [-0.2, 0) is 9.53 Å². The summed E-state index contributed by atoms with van der Waals surface area (Å²) in [7, 11) is 0. The minimum absolute atomic E-state index is 0.0980. The molecule has 1 aromatic rings. The lowest BCUT2D eigenvalue weighted by molar-refractivity contribution is -0.156. The van der Waals surface area contributed by atoms with E-state index in [2.05, 4.69) is 5.32 Å². The zero-order chi connectivity index (χ0) is 18.0. The first kappa shape index (κ1) is 17.8. The van der Waals surface area contributed by atoms with Gasteiger partial charge in [-0.25, -0.2) is 4.79 Å². The summed E-state index contributed by atoms with van der Waals surface area (Å²) < 4.78 is 5.53. The molecular weight excluding hydrogens is 316 g/mol. The molecule has 0 saturated heterocycles. The van der Waals surface area contributed by atoms with E-state index in [1.807, 2.05) is 49.9 Å². The highest BCUT2D eigenvalue weighted by Gasteiger charge is 2.39. The molecule has 1 saturated carbocycles. The molecule has 1 aromatic carbocycles. The van der Waals surface area contributed by atoms with E-state index in [9.17, 15) is 9.59 Å². The summed E-state index contributed by atoms with van der Waals surface area (Å²) in [6.45, 7) is 5.60. The van der Waals surface area contributed by atoms with Crippen LogP contribution in [0.1, 0.15) is 70.9 Å². The van der Waals surface area contributed by atoms with Gasteiger partial charge in [0.25, 0.3) is 0 Å². The lowest BCUT2D eigenvalue weighted by Crippen LogP contribution is -2.49. The maximum Gasteiger partial charge on any atom is 0.322 e. The Morgan fingerprint density at radius 3 is 2.56 bits per heavy atom. The summed E-state index contributed by atoms with van der Waals surface area (Å²) in [6, 6.07) is 7.58. The van der Waals surface area contributed by atoms with Crippen LogP contribution in [0.15, 0.2) is 24.3 Å². The molecule has 2 aliphatic rings. The van der Waals surface area contributed by atoms with Gasteiger partial charge in [-0.2, -0.15) is 0 Å². The second kappa shape index (κ2) is 7.06. The average Bonchev–Trinajstić information content (AvgIpc) is 2.54. The normalized spacial score (nSPS) is 21.5. The Morgan fingerprint density at radius 2 is 1.88 bits per heavy atom. The smallest absolute Gasteiger partial charge is 0.322 e. The first-order valence-corrected chi connectivity index (χ1v) is 9.25. The van der Waals surface area contributed by atoms with Crippen molar-refractivity contribution < 1.29 is 14.3 Å². The highest BCUT2D eigenvalue weighted by Crippen LogP contribution is 2.39. The summed E-state index contributed by atoms with van der Waals surface area (Å²) in [6.07, 6.45) is 5.68. The molecule has 0 aromatic heterocycles. The predicted molar refractivity (Wildman–Crippen MR) is 97.4 cm³/mol. The van der Waals surface area contributed by atoms with Gasteiger partial charge < -0.3 is 15.0 Å². The minimum Gasteiger partial charge on any atom is -0.460 e. The first-order chi connectivity index (χ1) is 11.8. The van der Waals surface area contributed by atoms with E-state index in [1.165, 1.54) is 6.42 Å². The van der Waals surface area contributed by atoms with Gasteiger partial charge in [-0.05, 0) is 45.2 Å². The van der Waals surface area contributed by atoms with E-state index in [4.69, 9.17) is 4.74 Å². The third-order valence-electron chi connectivity index (χ3n) is 4.88. The zero-order valence-corrected chi connectivity index (χ0v) is 15.4. The number of nitrogens with one attached hydrogen (secondary N) is 1.